The van der Waals surface area contributed by atoms with Crippen LogP contribution in [-0.4, -0.2) is 28.3 Å². The first-order valence-electron chi connectivity index (χ1n) is 5.31. The Kier molecular flexibility index (Phi) is 2.35. The van der Waals surface area contributed by atoms with Gasteiger partial charge in [-0.3, -0.25) is 0 Å². The van der Waals surface area contributed by atoms with Crippen molar-refractivity contribution in [2.75, 3.05) is 13.1 Å². The van der Waals surface area contributed by atoms with Gasteiger partial charge in [-0.25, -0.2) is 10.4 Å². The van der Waals surface area contributed by atoms with Crippen molar-refractivity contribution in [1.82, 2.24) is 20.6 Å². The lowest BCUT2D eigenvalue weighted by molar-refractivity contribution is 0.140. The SMILES string of the molecule is Clc1ccc(C2CC3CCN(C3)N2)nn1. The predicted octanol–water partition coefficient (Wildman–Crippen LogP) is 1.40. The van der Waals surface area contributed by atoms with Crippen LogP contribution in [0.25, 0.3) is 0 Å². The highest BCUT2D eigenvalue weighted by Crippen LogP contribution is 2.31. The first kappa shape index (κ1) is 9.51. The summed E-state index contributed by atoms with van der Waals surface area (Å²) >= 11 is 5.72. The third kappa shape index (κ3) is 1.85. The third-order valence-electron chi connectivity index (χ3n) is 3.20. The van der Waals surface area contributed by atoms with Crippen LogP contribution in [-0.2, 0) is 0 Å². The molecule has 2 saturated heterocycles. The van der Waals surface area contributed by atoms with Crippen LogP contribution in [0.15, 0.2) is 12.1 Å². The number of nitrogens with zero attached hydrogens (tertiary/aromatic N) is 3. The summed E-state index contributed by atoms with van der Waals surface area (Å²) < 4.78 is 0. The second kappa shape index (κ2) is 3.70. The molecule has 0 aromatic carbocycles. The van der Waals surface area contributed by atoms with Crippen molar-refractivity contribution < 1.29 is 0 Å². The molecule has 0 radical (unpaired) electrons. The molecule has 2 aliphatic heterocycles. The van der Waals surface area contributed by atoms with E-state index in [-0.39, 0.29) is 0 Å². The first-order valence-corrected chi connectivity index (χ1v) is 5.69. The highest BCUT2D eigenvalue weighted by Gasteiger charge is 2.33. The van der Waals surface area contributed by atoms with Gasteiger partial charge < -0.3 is 0 Å². The molecule has 0 amide bonds. The number of hydrazine groups is 1. The molecule has 0 aliphatic carbocycles. The molecule has 4 nitrogen and oxygen atoms in total. The van der Waals surface area contributed by atoms with E-state index < -0.39 is 0 Å². The maximum Gasteiger partial charge on any atom is 0.151 e. The van der Waals surface area contributed by atoms with Crippen LogP contribution < -0.4 is 5.43 Å². The molecule has 2 fully saturated rings. The Hall–Kier alpha value is -0.710. The van der Waals surface area contributed by atoms with Gasteiger partial charge in [-0.2, -0.15) is 5.10 Å². The van der Waals surface area contributed by atoms with Crippen molar-refractivity contribution in [2.24, 2.45) is 5.92 Å². The van der Waals surface area contributed by atoms with Gasteiger partial charge in [0.2, 0.25) is 0 Å². The molecule has 1 aromatic heterocycles. The van der Waals surface area contributed by atoms with E-state index in [0.717, 1.165) is 24.6 Å². The van der Waals surface area contributed by atoms with Crippen LogP contribution in [0.3, 0.4) is 0 Å². The maximum atomic E-state index is 5.72. The number of nitrogens with one attached hydrogen (secondary N) is 1. The fraction of sp³-hybridized carbons (Fsp3) is 0.600. The molecule has 80 valence electrons. The molecule has 0 saturated carbocycles. The van der Waals surface area contributed by atoms with Crippen molar-refractivity contribution >= 4 is 11.6 Å². The van der Waals surface area contributed by atoms with Gasteiger partial charge in [0, 0.05) is 13.1 Å². The van der Waals surface area contributed by atoms with E-state index in [2.05, 4.69) is 20.6 Å². The van der Waals surface area contributed by atoms with E-state index in [1.54, 1.807) is 6.07 Å². The van der Waals surface area contributed by atoms with Gasteiger partial charge in [0.15, 0.2) is 5.15 Å². The fourth-order valence-electron chi connectivity index (χ4n) is 2.45. The van der Waals surface area contributed by atoms with Crippen LogP contribution in [0.4, 0.5) is 0 Å². The second-order valence-corrected chi connectivity index (χ2v) is 4.69. The summed E-state index contributed by atoms with van der Waals surface area (Å²) in [7, 11) is 0. The molecule has 1 N–H and O–H groups in total. The monoisotopic (exact) mass is 224 g/mol. The van der Waals surface area contributed by atoms with E-state index in [4.69, 9.17) is 11.6 Å². The first-order chi connectivity index (χ1) is 7.31. The van der Waals surface area contributed by atoms with E-state index in [1.807, 2.05) is 6.07 Å². The molecule has 2 aliphatic rings. The summed E-state index contributed by atoms with van der Waals surface area (Å²) in [5.41, 5.74) is 4.46. The van der Waals surface area contributed by atoms with Crippen molar-refractivity contribution in [3.8, 4) is 0 Å². The molecular weight excluding hydrogens is 212 g/mol. The molecule has 2 bridgehead atoms. The smallest absolute Gasteiger partial charge is 0.151 e. The fourth-order valence-corrected chi connectivity index (χ4v) is 2.55. The van der Waals surface area contributed by atoms with Crippen molar-refractivity contribution in [1.29, 1.82) is 0 Å². The van der Waals surface area contributed by atoms with Gasteiger partial charge in [0.25, 0.3) is 0 Å². The Morgan fingerprint density at radius 2 is 2.33 bits per heavy atom. The summed E-state index contributed by atoms with van der Waals surface area (Å²) in [5, 5.41) is 10.8. The topological polar surface area (TPSA) is 41.0 Å². The van der Waals surface area contributed by atoms with E-state index in [1.165, 1.54) is 13.0 Å². The number of halogens is 1. The number of rotatable bonds is 1. The number of hydrogen-bond acceptors (Lipinski definition) is 4. The lowest BCUT2D eigenvalue weighted by atomic mass is 9.96. The van der Waals surface area contributed by atoms with E-state index in [9.17, 15) is 0 Å². The van der Waals surface area contributed by atoms with Crippen LogP contribution in [0.1, 0.15) is 24.6 Å². The minimum atomic E-state index is 0.316. The van der Waals surface area contributed by atoms with E-state index in [0.29, 0.717) is 11.2 Å². The summed E-state index contributed by atoms with van der Waals surface area (Å²) in [4.78, 5) is 0. The third-order valence-corrected chi connectivity index (χ3v) is 3.40. The predicted molar refractivity (Wildman–Crippen MR) is 57.2 cm³/mol. The zero-order valence-corrected chi connectivity index (χ0v) is 9.11. The Balaban J connectivity index is 1.80. The zero-order valence-electron chi connectivity index (χ0n) is 8.36. The van der Waals surface area contributed by atoms with Gasteiger partial charge in [-0.1, -0.05) is 11.6 Å². The Bertz CT molecular complexity index is 341. The summed E-state index contributed by atoms with van der Waals surface area (Å²) in [6.45, 7) is 2.33. The summed E-state index contributed by atoms with van der Waals surface area (Å²) in [5.74, 6) is 0.814. The largest absolute Gasteiger partial charge is 0.246 e. The van der Waals surface area contributed by atoms with Gasteiger partial charge in [0.1, 0.15) is 0 Å². The minimum absolute atomic E-state index is 0.316. The Morgan fingerprint density at radius 3 is 3.07 bits per heavy atom. The van der Waals surface area contributed by atoms with Crippen molar-refractivity contribution in [3.05, 3.63) is 23.0 Å². The highest BCUT2D eigenvalue weighted by atomic mass is 35.5. The average molecular weight is 225 g/mol. The standard InChI is InChI=1S/C10H13ClN4/c11-10-2-1-8(12-13-10)9-5-7-3-4-15(6-7)14-9/h1-2,7,9,14H,3-6H2. The molecule has 3 heterocycles. The second-order valence-electron chi connectivity index (χ2n) is 4.30. The normalized spacial score (nSPS) is 34.3. The molecule has 3 atom stereocenters. The molecule has 3 unspecified atom stereocenters. The molecular formula is C10H13ClN4. The van der Waals surface area contributed by atoms with Gasteiger partial charge in [-0.15, -0.1) is 5.10 Å². The van der Waals surface area contributed by atoms with Crippen molar-refractivity contribution in [3.63, 3.8) is 0 Å². The summed E-state index contributed by atoms with van der Waals surface area (Å²) in [6.07, 6.45) is 2.46. The summed E-state index contributed by atoms with van der Waals surface area (Å²) in [6, 6.07) is 4.08. The number of hydrogen-bond donors (Lipinski definition) is 1. The van der Waals surface area contributed by atoms with E-state index >= 15 is 0 Å². The molecule has 5 heteroatoms. The van der Waals surface area contributed by atoms with Crippen LogP contribution >= 0.6 is 11.6 Å². The zero-order chi connectivity index (χ0) is 10.3. The molecule has 3 rings (SSSR count). The maximum absolute atomic E-state index is 5.72. The van der Waals surface area contributed by atoms with Gasteiger partial charge >= 0.3 is 0 Å². The van der Waals surface area contributed by atoms with Crippen LogP contribution in [0.2, 0.25) is 5.15 Å². The molecule has 15 heavy (non-hydrogen) atoms. The lowest BCUT2D eigenvalue weighted by Gasteiger charge is -2.30. The number of fused-ring (bicyclic) bond motifs is 2. The number of aromatic nitrogens is 2. The Morgan fingerprint density at radius 1 is 1.40 bits per heavy atom. The van der Waals surface area contributed by atoms with Crippen LogP contribution in [0, 0.1) is 5.92 Å². The van der Waals surface area contributed by atoms with Crippen molar-refractivity contribution in [2.45, 2.75) is 18.9 Å². The van der Waals surface area contributed by atoms with Gasteiger partial charge in [-0.05, 0) is 30.9 Å². The molecule has 1 aromatic rings. The highest BCUT2D eigenvalue weighted by molar-refractivity contribution is 6.29. The Labute approximate surface area is 93.6 Å². The van der Waals surface area contributed by atoms with Gasteiger partial charge in [0.05, 0.1) is 11.7 Å². The minimum Gasteiger partial charge on any atom is -0.246 e. The quantitative estimate of drug-likeness (QED) is 0.783. The van der Waals surface area contributed by atoms with Crippen LogP contribution in [0.5, 0.6) is 0 Å². The molecule has 0 spiro atoms. The average Bonchev–Trinajstić information content (AvgIpc) is 2.59. The lowest BCUT2D eigenvalue weighted by Crippen LogP contribution is -2.43.